The zero-order valence-corrected chi connectivity index (χ0v) is 12.1. The fourth-order valence-electron chi connectivity index (χ4n) is 2.60. The third kappa shape index (κ3) is 4.48. The van der Waals surface area contributed by atoms with Crippen molar-refractivity contribution in [2.45, 2.75) is 38.1 Å². The first-order valence-electron chi connectivity index (χ1n) is 7.51. The van der Waals surface area contributed by atoms with Gasteiger partial charge in [0, 0.05) is 13.1 Å². The number of carboxylic acid groups (broad SMARTS) is 1. The van der Waals surface area contributed by atoms with E-state index in [0.29, 0.717) is 18.7 Å². The topological polar surface area (TPSA) is 69.6 Å². The normalized spacial score (nSPS) is 17.4. The van der Waals surface area contributed by atoms with Crippen molar-refractivity contribution < 1.29 is 14.7 Å². The second-order valence-electron chi connectivity index (χ2n) is 5.39. The molecule has 1 aromatic rings. The number of rotatable bonds is 3. The van der Waals surface area contributed by atoms with E-state index in [1.165, 1.54) is 6.42 Å². The summed E-state index contributed by atoms with van der Waals surface area (Å²) in [5.41, 5.74) is 0.588. The minimum atomic E-state index is -1.04. The van der Waals surface area contributed by atoms with Crippen LogP contribution in [0.5, 0.6) is 0 Å². The first kappa shape index (κ1) is 15.4. The Morgan fingerprint density at radius 3 is 2.14 bits per heavy atom. The van der Waals surface area contributed by atoms with Gasteiger partial charge in [0.05, 0.1) is 0 Å². The predicted octanol–water partition coefficient (Wildman–Crippen LogP) is 2.79. The molecule has 0 unspecified atom stereocenters. The molecule has 0 aromatic heterocycles. The van der Waals surface area contributed by atoms with Gasteiger partial charge in [-0.05, 0) is 18.4 Å². The van der Waals surface area contributed by atoms with Crippen LogP contribution in [-0.4, -0.2) is 35.1 Å². The average Bonchev–Trinajstić information content (AvgIpc) is 2.44. The van der Waals surface area contributed by atoms with Gasteiger partial charge in [0.25, 0.3) is 0 Å². The summed E-state index contributed by atoms with van der Waals surface area (Å²) in [6, 6.07) is 7.51. The summed E-state index contributed by atoms with van der Waals surface area (Å²) in [6.07, 6.45) is 5.44. The van der Waals surface area contributed by atoms with Gasteiger partial charge in [-0.3, -0.25) is 0 Å². The van der Waals surface area contributed by atoms with Crippen LogP contribution < -0.4 is 5.32 Å². The van der Waals surface area contributed by atoms with Crippen molar-refractivity contribution in [2.75, 3.05) is 13.1 Å². The molecule has 1 aliphatic rings. The highest BCUT2D eigenvalue weighted by atomic mass is 16.4. The Morgan fingerprint density at radius 1 is 1.00 bits per heavy atom. The number of likely N-dealkylation sites (tertiary alicyclic amines) is 1. The van der Waals surface area contributed by atoms with Crippen LogP contribution in [0.25, 0.3) is 0 Å². The van der Waals surface area contributed by atoms with E-state index in [1.807, 2.05) is 6.07 Å². The predicted molar refractivity (Wildman–Crippen MR) is 80.0 cm³/mol. The van der Waals surface area contributed by atoms with Crippen LogP contribution in [0, 0.1) is 0 Å². The maximum Gasteiger partial charge on any atom is 0.330 e. The molecule has 0 bridgehead atoms. The Kier molecular flexibility index (Phi) is 5.60. The lowest BCUT2D eigenvalue weighted by atomic mass is 10.1. The van der Waals surface area contributed by atoms with Crippen LogP contribution in [-0.2, 0) is 4.79 Å². The van der Waals surface area contributed by atoms with Gasteiger partial charge in [0.15, 0.2) is 6.04 Å². The Labute approximate surface area is 125 Å². The molecule has 114 valence electrons. The number of urea groups is 1. The minimum absolute atomic E-state index is 0.284. The van der Waals surface area contributed by atoms with Crippen molar-refractivity contribution in [3.05, 3.63) is 35.9 Å². The van der Waals surface area contributed by atoms with Gasteiger partial charge in [0.1, 0.15) is 0 Å². The molecule has 1 fully saturated rings. The van der Waals surface area contributed by atoms with Crippen LogP contribution in [0.15, 0.2) is 30.3 Å². The Hall–Kier alpha value is -2.04. The van der Waals surface area contributed by atoms with Crippen LogP contribution in [0.2, 0.25) is 0 Å². The molecular formula is C16H22N2O3. The van der Waals surface area contributed by atoms with Gasteiger partial charge >= 0.3 is 12.0 Å². The molecule has 1 saturated heterocycles. The molecule has 5 nitrogen and oxygen atoms in total. The summed E-state index contributed by atoms with van der Waals surface area (Å²) in [6.45, 7) is 1.40. The number of amides is 2. The number of hydrogen-bond acceptors (Lipinski definition) is 2. The number of nitrogens with zero attached hydrogens (tertiary/aromatic N) is 1. The lowest BCUT2D eigenvalue weighted by Crippen LogP contribution is -2.44. The molecule has 2 amide bonds. The van der Waals surface area contributed by atoms with E-state index < -0.39 is 12.0 Å². The van der Waals surface area contributed by atoms with Crippen LogP contribution >= 0.6 is 0 Å². The van der Waals surface area contributed by atoms with E-state index in [4.69, 9.17) is 0 Å². The molecule has 1 aromatic carbocycles. The fraction of sp³-hybridized carbons (Fsp3) is 0.500. The summed E-state index contributed by atoms with van der Waals surface area (Å²) in [5.74, 6) is -1.04. The van der Waals surface area contributed by atoms with E-state index in [9.17, 15) is 14.7 Å². The van der Waals surface area contributed by atoms with Crippen LogP contribution in [0.4, 0.5) is 4.79 Å². The minimum Gasteiger partial charge on any atom is -0.479 e. The summed E-state index contributed by atoms with van der Waals surface area (Å²) < 4.78 is 0. The van der Waals surface area contributed by atoms with Gasteiger partial charge < -0.3 is 15.3 Å². The monoisotopic (exact) mass is 290 g/mol. The zero-order valence-electron chi connectivity index (χ0n) is 12.1. The SMILES string of the molecule is O=C(O)[C@@H](NC(=O)N1CCCCCCC1)c1ccccc1. The molecule has 0 radical (unpaired) electrons. The van der Waals surface area contributed by atoms with Crippen molar-refractivity contribution >= 4 is 12.0 Å². The Morgan fingerprint density at radius 2 is 1.57 bits per heavy atom. The van der Waals surface area contributed by atoms with Crippen molar-refractivity contribution in [1.82, 2.24) is 10.2 Å². The van der Waals surface area contributed by atoms with Gasteiger partial charge in [-0.15, -0.1) is 0 Å². The van der Waals surface area contributed by atoms with E-state index in [1.54, 1.807) is 29.2 Å². The maximum absolute atomic E-state index is 12.3. The first-order valence-corrected chi connectivity index (χ1v) is 7.51. The van der Waals surface area contributed by atoms with Crippen LogP contribution in [0.3, 0.4) is 0 Å². The molecule has 21 heavy (non-hydrogen) atoms. The number of carboxylic acids is 1. The van der Waals surface area contributed by atoms with E-state index in [0.717, 1.165) is 25.7 Å². The van der Waals surface area contributed by atoms with E-state index in [-0.39, 0.29) is 6.03 Å². The molecule has 2 rings (SSSR count). The smallest absolute Gasteiger partial charge is 0.330 e. The lowest BCUT2D eigenvalue weighted by molar-refractivity contribution is -0.139. The van der Waals surface area contributed by atoms with Gasteiger partial charge in [-0.25, -0.2) is 9.59 Å². The van der Waals surface area contributed by atoms with Crippen molar-refractivity contribution in [2.24, 2.45) is 0 Å². The second-order valence-corrected chi connectivity index (χ2v) is 5.39. The zero-order chi connectivity index (χ0) is 15.1. The third-order valence-corrected chi connectivity index (χ3v) is 3.79. The van der Waals surface area contributed by atoms with Crippen molar-refractivity contribution in [3.8, 4) is 0 Å². The molecule has 2 N–H and O–H groups in total. The summed E-state index contributed by atoms with van der Waals surface area (Å²) in [4.78, 5) is 25.4. The summed E-state index contributed by atoms with van der Waals surface area (Å²) in [7, 11) is 0. The number of carbonyl (C=O) groups is 2. The highest BCUT2D eigenvalue weighted by molar-refractivity contribution is 5.83. The Bertz CT molecular complexity index is 468. The van der Waals surface area contributed by atoms with Crippen molar-refractivity contribution in [1.29, 1.82) is 0 Å². The third-order valence-electron chi connectivity index (χ3n) is 3.79. The molecule has 1 aliphatic heterocycles. The van der Waals surface area contributed by atoms with Gasteiger partial charge in [-0.2, -0.15) is 0 Å². The van der Waals surface area contributed by atoms with E-state index >= 15 is 0 Å². The number of nitrogens with one attached hydrogen (secondary N) is 1. The van der Waals surface area contributed by atoms with Gasteiger partial charge in [-0.1, -0.05) is 49.6 Å². The number of carbonyl (C=O) groups excluding carboxylic acids is 1. The standard InChI is InChI=1S/C16H22N2O3/c19-15(20)14(13-9-5-4-6-10-13)17-16(21)18-11-7-2-1-3-8-12-18/h4-6,9-10,14H,1-3,7-8,11-12H2,(H,17,21)(H,19,20)/t14-/m0/s1. The lowest BCUT2D eigenvalue weighted by Gasteiger charge is -2.26. The van der Waals surface area contributed by atoms with Crippen molar-refractivity contribution in [3.63, 3.8) is 0 Å². The highest BCUT2D eigenvalue weighted by Gasteiger charge is 2.24. The molecule has 1 heterocycles. The summed E-state index contributed by atoms with van der Waals surface area (Å²) in [5, 5.41) is 12.0. The van der Waals surface area contributed by atoms with Gasteiger partial charge in [0.2, 0.25) is 0 Å². The molecule has 0 saturated carbocycles. The highest BCUT2D eigenvalue weighted by Crippen LogP contribution is 2.15. The Balaban J connectivity index is 2.02. The maximum atomic E-state index is 12.3. The molecule has 0 spiro atoms. The molecule has 0 aliphatic carbocycles. The fourth-order valence-corrected chi connectivity index (χ4v) is 2.60. The molecular weight excluding hydrogens is 268 g/mol. The van der Waals surface area contributed by atoms with E-state index in [2.05, 4.69) is 5.32 Å². The molecule has 1 atom stereocenters. The quantitative estimate of drug-likeness (QED) is 0.899. The first-order chi connectivity index (χ1) is 10.2. The molecule has 5 heteroatoms. The average molecular weight is 290 g/mol. The largest absolute Gasteiger partial charge is 0.479 e. The second kappa shape index (κ2) is 7.67. The number of benzene rings is 1. The number of hydrogen-bond donors (Lipinski definition) is 2. The summed E-state index contributed by atoms with van der Waals surface area (Å²) >= 11 is 0. The number of aliphatic carboxylic acids is 1. The van der Waals surface area contributed by atoms with Crippen LogP contribution in [0.1, 0.15) is 43.7 Å².